The number of carboxylic acid groups (broad SMARTS) is 2. The van der Waals surface area contributed by atoms with Crippen molar-refractivity contribution in [3.63, 3.8) is 0 Å². The van der Waals surface area contributed by atoms with Crippen molar-refractivity contribution in [3.8, 4) is 0 Å². The first-order valence-corrected chi connectivity index (χ1v) is 8.31. The lowest BCUT2D eigenvalue weighted by molar-refractivity contribution is -0.146. The highest BCUT2D eigenvalue weighted by atomic mass is 16.4. The van der Waals surface area contributed by atoms with Crippen molar-refractivity contribution in [2.24, 2.45) is 11.3 Å². The zero-order valence-corrected chi connectivity index (χ0v) is 14.6. The van der Waals surface area contributed by atoms with E-state index >= 15 is 0 Å². The van der Waals surface area contributed by atoms with E-state index in [4.69, 9.17) is 4.42 Å². The van der Waals surface area contributed by atoms with Crippen molar-refractivity contribution in [1.29, 1.82) is 0 Å². The molecule has 6 nitrogen and oxygen atoms in total. The van der Waals surface area contributed by atoms with Crippen LogP contribution in [0.2, 0.25) is 0 Å². The third-order valence-electron chi connectivity index (χ3n) is 4.88. The Hall–Kier alpha value is -2.89. The van der Waals surface area contributed by atoms with Crippen LogP contribution in [0.25, 0.3) is 0 Å². The summed E-state index contributed by atoms with van der Waals surface area (Å²) in [6, 6.07) is 1.56. The molecule has 2 rings (SSSR count). The molecule has 6 heteroatoms. The van der Waals surface area contributed by atoms with Crippen LogP contribution in [0.1, 0.15) is 43.0 Å². The second kappa shape index (κ2) is 7.99. The van der Waals surface area contributed by atoms with Gasteiger partial charge in [0.1, 0.15) is 6.26 Å². The second-order valence-corrected chi connectivity index (χ2v) is 6.82. The molecule has 26 heavy (non-hydrogen) atoms. The predicted octanol–water partition coefficient (Wildman–Crippen LogP) is 3.87. The fourth-order valence-corrected chi connectivity index (χ4v) is 3.29. The number of furan rings is 1. The lowest BCUT2D eigenvalue weighted by Crippen LogP contribution is -2.35. The van der Waals surface area contributed by atoms with Crippen LogP contribution in [0.4, 0.5) is 0 Å². The van der Waals surface area contributed by atoms with Crippen molar-refractivity contribution in [2.45, 2.75) is 32.6 Å². The summed E-state index contributed by atoms with van der Waals surface area (Å²) in [5.74, 6) is -3.09. The first-order valence-electron chi connectivity index (χ1n) is 8.31. The number of hydrogen-bond acceptors (Lipinski definition) is 4. The van der Waals surface area contributed by atoms with Crippen molar-refractivity contribution >= 4 is 17.7 Å². The minimum absolute atomic E-state index is 0.0514. The van der Waals surface area contributed by atoms with Gasteiger partial charge in [-0.3, -0.25) is 9.59 Å². The first kappa shape index (κ1) is 19.4. The van der Waals surface area contributed by atoms with Gasteiger partial charge in [0.2, 0.25) is 0 Å². The van der Waals surface area contributed by atoms with Gasteiger partial charge in [0.25, 0.3) is 0 Å². The van der Waals surface area contributed by atoms with Gasteiger partial charge in [0, 0.05) is 6.42 Å². The smallest absolute Gasteiger partial charge is 0.335 e. The van der Waals surface area contributed by atoms with Crippen LogP contribution in [0, 0.1) is 11.3 Å². The summed E-state index contributed by atoms with van der Waals surface area (Å²) in [6.45, 7) is 5.56. The van der Waals surface area contributed by atoms with E-state index in [1.54, 1.807) is 25.1 Å². The van der Waals surface area contributed by atoms with Crippen molar-refractivity contribution in [3.05, 3.63) is 60.1 Å². The molecule has 2 atom stereocenters. The number of Topliss-reactive ketones (excluding diaryl/α,β-unsaturated/α-hetero) is 1. The molecule has 1 heterocycles. The van der Waals surface area contributed by atoms with E-state index in [0.717, 1.165) is 0 Å². The fourth-order valence-electron chi connectivity index (χ4n) is 3.29. The Labute approximate surface area is 151 Å². The summed E-state index contributed by atoms with van der Waals surface area (Å²) < 4.78 is 4.94. The van der Waals surface area contributed by atoms with Crippen molar-refractivity contribution < 1.29 is 29.0 Å². The molecule has 1 aliphatic rings. The van der Waals surface area contributed by atoms with Crippen LogP contribution in [0.5, 0.6) is 0 Å². The molecule has 138 valence electrons. The summed E-state index contributed by atoms with van der Waals surface area (Å²) >= 11 is 0. The zero-order chi connectivity index (χ0) is 19.3. The molecule has 0 amide bonds. The molecule has 0 saturated heterocycles. The molecular formula is C20H22O6. The number of allylic oxidation sites excluding steroid dienone is 3. The Balaban J connectivity index is 2.35. The van der Waals surface area contributed by atoms with Gasteiger partial charge in [-0.25, -0.2) is 4.79 Å². The molecule has 1 aromatic heterocycles. The number of carbonyl (C=O) groups is 3. The number of carbonyl (C=O) groups excluding carboxylic acids is 1. The van der Waals surface area contributed by atoms with Crippen molar-refractivity contribution in [2.75, 3.05) is 0 Å². The van der Waals surface area contributed by atoms with Gasteiger partial charge in [0.05, 0.1) is 23.3 Å². The van der Waals surface area contributed by atoms with Gasteiger partial charge >= 0.3 is 11.9 Å². The average molecular weight is 358 g/mol. The van der Waals surface area contributed by atoms with E-state index in [1.165, 1.54) is 18.6 Å². The Morgan fingerprint density at radius 3 is 2.65 bits per heavy atom. The van der Waals surface area contributed by atoms with Crippen LogP contribution in [-0.4, -0.2) is 27.9 Å². The lowest BCUT2D eigenvalue weighted by atomic mass is 9.68. The Bertz CT molecular complexity index is 768. The van der Waals surface area contributed by atoms with Crippen LogP contribution >= 0.6 is 0 Å². The van der Waals surface area contributed by atoms with Gasteiger partial charge in [0.15, 0.2) is 5.78 Å². The largest absolute Gasteiger partial charge is 0.481 e. The van der Waals surface area contributed by atoms with E-state index < -0.39 is 23.3 Å². The SMILES string of the molecule is C=C1CC[C@@H](C(=O)O)[C@](C)(CC(=O)c2ccoc2)CC=CC=C1C(=O)O. The van der Waals surface area contributed by atoms with Gasteiger partial charge < -0.3 is 14.6 Å². The Morgan fingerprint density at radius 1 is 1.35 bits per heavy atom. The molecule has 0 unspecified atom stereocenters. The fraction of sp³-hybridized carbons (Fsp3) is 0.350. The second-order valence-electron chi connectivity index (χ2n) is 6.82. The van der Waals surface area contributed by atoms with Gasteiger partial charge in [-0.1, -0.05) is 25.7 Å². The molecule has 0 aromatic carbocycles. The van der Waals surface area contributed by atoms with Gasteiger partial charge in [-0.15, -0.1) is 0 Å². The van der Waals surface area contributed by atoms with E-state index in [0.29, 0.717) is 17.6 Å². The lowest BCUT2D eigenvalue weighted by Gasteiger charge is -2.34. The highest BCUT2D eigenvalue weighted by Gasteiger charge is 2.40. The minimum Gasteiger partial charge on any atom is -0.481 e. The normalized spacial score (nSPS) is 24.0. The van der Waals surface area contributed by atoms with Crippen LogP contribution in [0.15, 0.2) is 59.0 Å². The first-order chi connectivity index (χ1) is 12.2. The van der Waals surface area contributed by atoms with Gasteiger partial charge in [-0.05, 0) is 42.4 Å². The predicted molar refractivity (Wildman–Crippen MR) is 94.7 cm³/mol. The monoisotopic (exact) mass is 358 g/mol. The van der Waals surface area contributed by atoms with E-state index in [1.807, 2.05) is 0 Å². The number of hydrogen-bond donors (Lipinski definition) is 2. The summed E-state index contributed by atoms with van der Waals surface area (Å²) in [7, 11) is 0. The highest BCUT2D eigenvalue weighted by Crippen LogP contribution is 2.41. The third kappa shape index (κ3) is 4.39. The molecule has 1 aromatic rings. The molecule has 0 spiro atoms. The van der Waals surface area contributed by atoms with E-state index in [-0.39, 0.29) is 30.6 Å². The molecule has 1 aliphatic carbocycles. The maximum Gasteiger partial charge on any atom is 0.335 e. The molecule has 0 bridgehead atoms. The third-order valence-corrected chi connectivity index (χ3v) is 4.88. The highest BCUT2D eigenvalue weighted by molar-refractivity contribution is 5.96. The number of ketones is 1. The summed E-state index contributed by atoms with van der Waals surface area (Å²) in [4.78, 5) is 35.7. The molecule has 0 saturated carbocycles. The van der Waals surface area contributed by atoms with E-state index in [2.05, 4.69) is 6.58 Å². The Morgan fingerprint density at radius 2 is 2.08 bits per heavy atom. The molecular weight excluding hydrogens is 336 g/mol. The zero-order valence-electron chi connectivity index (χ0n) is 14.6. The van der Waals surface area contributed by atoms with Crippen LogP contribution in [-0.2, 0) is 9.59 Å². The summed E-state index contributed by atoms with van der Waals surface area (Å²) in [6.07, 6.45) is 8.34. The Kier molecular flexibility index (Phi) is 5.97. The molecule has 0 aliphatic heterocycles. The maximum atomic E-state index is 12.5. The molecule has 0 fully saturated rings. The van der Waals surface area contributed by atoms with Crippen LogP contribution in [0.3, 0.4) is 0 Å². The number of rotatable bonds is 5. The maximum absolute atomic E-state index is 12.5. The average Bonchev–Trinajstić information content (AvgIpc) is 3.08. The number of carboxylic acids is 2. The summed E-state index contributed by atoms with van der Waals surface area (Å²) in [5.41, 5.74) is 0.0436. The quantitative estimate of drug-likeness (QED) is 0.774. The standard InChI is InChI=1S/C20H22O6/c1-13-6-7-16(19(24)25)20(2,9-4-3-5-15(13)18(22)23)11-17(21)14-8-10-26-12-14/h3-5,8,10,12,16H,1,6-7,9,11H2,2H3,(H,22,23)(H,24,25)/t16-,20-/m0/s1. The van der Waals surface area contributed by atoms with Crippen molar-refractivity contribution in [1.82, 2.24) is 0 Å². The van der Waals surface area contributed by atoms with Gasteiger partial charge in [-0.2, -0.15) is 0 Å². The molecule has 2 N–H and O–H groups in total. The summed E-state index contributed by atoms with van der Waals surface area (Å²) in [5, 5.41) is 19.0. The topological polar surface area (TPSA) is 105 Å². The van der Waals surface area contributed by atoms with Crippen LogP contribution < -0.4 is 0 Å². The molecule has 0 radical (unpaired) electrons. The minimum atomic E-state index is -1.09. The number of aliphatic carboxylic acids is 2. The van der Waals surface area contributed by atoms with E-state index in [9.17, 15) is 24.6 Å².